The lowest BCUT2D eigenvalue weighted by Crippen LogP contribution is -1.95. The molecule has 96 valence electrons. The number of hydrogen-bond acceptors (Lipinski definition) is 3. The van der Waals surface area contributed by atoms with Crippen LogP contribution >= 0.6 is 0 Å². The Hall–Kier alpha value is -2.10. The maximum absolute atomic E-state index is 13.2. The summed E-state index contributed by atoms with van der Waals surface area (Å²) in [6.07, 6.45) is 1.66. The van der Waals surface area contributed by atoms with E-state index in [0.29, 0.717) is 17.2 Å². The van der Waals surface area contributed by atoms with E-state index in [1.807, 2.05) is 6.92 Å². The fourth-order valence-corrected chi connectivity index (χ4v) is 1.32. The molecule has 0 aliphatic heterocycles. The standard InChI is InChI=1S/C14H16FNO2/c1-10(2)5-14(16-3)18-9-11-6-12(15)8-13(7-11)17-4/h5-8H,1,3,9H2,2,4H3/b14-5+. The van der Waals surface area contributed by atoms with Crippen LogP contribution in [0.3, 0.4) is 0 Å². The first-order valence-electron chi connectivity index (χ1n) is 5.35. The van der Waals surface area contributed by atoms with E-state index in [-0.39, 0.29) is 12.4 Å². The van der Waals surface area contributed by atoms with Crippen molar-refractivity contribution in [3.63, 3.8) is 0 Å². The second kappa shape index (κ2) is 6.59. The van der Waals surface area contributed by atoms with Crippen molar-refractivity contribution in [3.05, 3.63) is 53.7 Å². The predicted octanol–water partition coefficient (Wildman–Crippen LogP) is 3.47. The molecule has 0 spiro atoms. The van der Waals surface area contributed by atoms with Gasteiger partial charge in [-0.3, -0.25) is 0 Å². The minimum absolute atomic E-state index is 0.187. The zero-order valence-corrected chi connectivity index (χ0v) is 10.6. The molecule has 1 rings (SSSR count). The number of ether oxygens (including phenoxy) is 2. The number of nitrogens with zero attached hydrogens (tertiary/aromatic N) is 1. The molecule has 0 N–H and O–H groups in total. The molecule has 0 radical (unpaired) electrons. The van der Waals surface area contributed by atoms with Gasteiger partial charge in [-0.05, 0) is 31.3 Å². The zero-order valence-electron chi connectivity index (χ0n) is 10.6. The number of aliphatic imine (C=N–C) groups is 1. The van der Waals surface area contributed by atoms with Crippen molar-refractivity contribution in [1.29, 1.82) is 0 Å². The number of rotatable bonds is 6. The van der Waals surface area contributed by atoms with Crippen molar-refractivity contribution in [2.75, 3.05) is 7.11 Å². The quantitative estimate of drug-likeness (QED) is 0.439. The predicted molar refractivity (Wildman–Crippen MR) is 70.2 cm³/mol. The highest BCUT2D eigenvalue weighted by Crippen LogP contribution is 2.17. The second-order valence-electron chi connectivity index (χ2n) is 3.78. The summed E-state index contributed by atoms with van der Waals surface area (Å²) in [6, 6.07) is 4.38. The highest BCUT2D eigenvalue weighted by Gasteiger charge is 2.03. The molecule has 0 heterocycles. The first-order valence-corrected chi connectivity index (χ1v) is 5.35. The second-order valence-corrected chi connectivity index (χ2v) is 3.78. The van der Waals surface area contributed by atoms with E-state index < -0.39 is 0 Å². The third-order valence-corrected chi connectivity index (χ3v) is 2.08. The van der Waals surface area contributed by atoms with Gasteiger partial charge in [0.05, 0.1) is 7.11 Å². The smallest absolute Gasteiger partial charge is 0.213 e. The van der Waals surface area contributed by atoms with E-state index in [1.165, 1.54) is 19.2 Å². The minimum Gasteiger partial charge on any atom is -0.497 e. The van der Waals surface area contributed by atoms with E-state index in [2.05, 4.69) is 18.3 Å². The molecule has 0 bridgehead atoms. The van der Waals surface area contributed by atoms with Gasteiger partial charge in [0.25, 0.3) is 0 Å². The molecule has 4 heteroatoms. The van der Waals surface area contributed by atoms with Gasteiger partial charge in [-0.2, -0.15) is 0 Å². The summed E-state index contributed by atoms with van der Waals surface area (Å²) < 4.78 is 23.6. The Bertz CT molecular complexity index is 481. The summed E-state index contributed by atoms with van der Waals surface area (Å²) in [6.45, 7) is 9.12. The topological polar surface area (TPSA) is 30.8 Å². The fourth-order valence-electron chi connectivity index (χ4n) is 1.32. The fraction of sp³-hybridized carbons (Fsp3) is 0.214. The van der Waals surface area contributed by atoms with Crippen molar-refractivity contribution in [1.82, 2.24) is 0 Å². The van der Waals surface area contributed by atoms with E-state index in [1.54, 1.807) is 12.1 Å². The van der Waals surface area contributed by atoms with Gasteiger partial charge in [0, 0.05) is 12.1 Å². The Morgan fingerprint density at radius 3 is 2.72 bits per heavy atom. The van der Waals surface area contributed by atoms with Crippen LogP contribution < -0.4 is 4.74 Å². The van der Waals surface area contributed by atoms with E-state index in [0.717, 1.165) is 5.57 Å². The van der Waals surface area contributed by atoms with Crippen LogP contribution in [0.5, 0.6) is 5.75 Å². The van der Waals surface area contributed by atoms with Crippen LogP contribution in [0.1, 0.15) is 12.5 Å². The SMILES string of the molecule is C=N/C(=C\C(=C)C)OCc1cc(F)cc(OC)c1. The maximum atomic E-state index is 13.2. The van der Waals surface area contributed by atoms with Gasteiger partial charge in [-0.15, -0.1) is 0 Å². The molecule has 1 aromatic carbocycles. The van der Waals surface area contributed by atoms with E-state index in [4.69, 9.17) is 9.47 Å². The van der Waals surface area contributed by atoms with Gasteiger partial charge < -0.3 is 9.47 Å². The summed E-state index contributed by atoms with van der Waals surface area (Å²) in [4.78, 5) is 3.71. The molecule has 0 aromatic heterocycles. The van der Waals surface area contributed by atoms with Crippen LogP contribution in [-0.4, -0.2) is 13.8 Å². The van der Waals surface area contributed by atoms with Crippen LogP contribution in [0, 0.1) is 5.82 Å². The Morgan fingerprint density at radius 1 is 1.44 bits per heavy atom. The molecule has 0 aliphatic carbocycles. The van der Waals surface area contributed by atoms with E-state index in [9.17, 15) is 4.39 Å². The first kappa shape index (κ1) is 14.0. The molecule has 0 atom stereocenters. The van der Waals surface area contributed by atoms with Crippen molar-refractivity contribution in [3.8, 4) is 5.75 Å². The van der Waals surface area contributed by atoms with Crippen molar-refractivity contribution in [2.45, 2.75) is 13.5 Å². The maximum Gasteiger partial charge on any atom is 0.213 e. The van der Waals surface area contributed by atoms with Crippen molar-refractivity contribution < 1.29 is 13.9 Å². The number of methoxy groups -OCH3 is 1. The van der Waals surface area contributed by atoms with Gasteiger partial charge in [0.1, 0.15) is 18.2 Å². The molecular formula is C14H16FNO2. The Kier molecular flexibility index (Phi) is 5.11. The summed E-state index contributed by atoms with van der Waals surface area (Å²) >= 11 is 0. The lowest BCUT2D eigenvalue weighted by atomic mass is 10.2. The summed E-state index contributed by atoms with van der Waals surface area (Å²) in [5, 5.41) is 0. The minimum atomic E-state index is -0.370. The molecule has 0 aliphatic rings. The van der Waals surface area contributed by atoms with Crippen LogP contribution in [0.25, 0.3) is 0 Å². The van der Waals surface area contributed by atoms with Crippen molar-refractivity contribution >= 4 is 6.72 Å². The van der Waals surface area contributed by atoms with Crippen LogP contribution in [0.4, 0.5) is 4.39 Å². The molecule has 1 aromatic rings. The lowest BCUT2D eigenvalue weighted by molar-refractivity contribution is 0.196. The first-order chi connectivity index (χ1) is 8.55. The third-order valence-electron chi connectivity index (χ3n) is 2.08. The molecule has 0 saturated carbocycles. The Morgan fingerprint density at radius 2 is 2.17 bits per heavy atom. The molecule has 0 unspecified atom stereocenters. The lowest BCUT2D eigenvalue weighted by Gasteiger charge is -2.08. The highest BCUT2D eigenvalue weighted by atomic mass is 19.1. The molecule has 3 nitrogen and oxygen atoms in total. The number of allylic oxidation sites excluding steroid dienone is 2. The normalized spacial score (nSPS) is 10.9. The Labute approximate surface area is 106 Å². The zero-order chi connectivity index (χ0) is 13.5. The largest absolute Gasteiger partial charge is 0.497 e. The highest BCUT2D eigenvalue weighted by molar-refractivity contribution is 5.31. The van der Waals surface area contributed by atoms with Gasteiger partial charge in [0.15, 0.2) is 0 Å². The average Bonchev–Trinajstić information content (AvgIpc) is 2.33. The van der Waals surface area contributed by atoms with Gasteiger partial charge >= 0.3 is 0 Å². The molecule has 18 heavy (non-hydrogen) atoms. The monoisotopic (exact) mass is 249 g/mol. The average molecular weight is 249 g/mol. The van der Waals surface area contributed by atoms with Gasteiger partial charge in [0.2, 0.25) is 5.88 Å². The van der Waals surface area contributed by atoms with Crippen LogP contribution in [0.2, 0.25) is 0 Å². The number of hydrogen-bond donors (Lipinski definition) is 0. The van der Waals surface area contributed by atoms with Crippen LogP contribution in [0.15, 0.2) is 47.3 Å². The molecule has 0 saturated heterocycles. The van der Waals surface area contributed by atoms with Crippen LogP contribution in [-0.2, 0) is 11.3 Å². The number of halogens is 1. The van der Waals surface area contributed by atoms with Gasteiger partial charge in [-0.1, -0.05) is 12.2 Å². The molecular weight excluding hydrogens is 233 g/mol. The Balaban J connectivity index is 2.76. The third kappa shape index (κ3) is 4.41. The summed E-state index contributed by atoms with van der Waals surface area (Å²) in [7, 11) is 1.48. The molecule has 0 fully saturated rings. The number of benzene rings is 1. The summed E-state index contributed by atoms with van der Waals surface area (Å²) in [5.41, 5.74) is 1.46. The molecule has 0 amide bonds. The summed E-state index contributed by atoms with van der Waals surface area (Å²) in [5.74, 6) is 0.432. The van der Waals surface area contributed by atoms with Crippen molar-refractivity contribution in [2.24, 2.45) is 4.99 Å². The van der Waals surface area contributed by atoms with E-state index >= 15 is 0 Å². The van der Waals surface area contributed by atoms with Gasteiger partial charge in [-0.25, -0.2) is 9.38 Å².